The third-order valence-corrected chi connectivity index (χ3v) is 3.89. The molecule has 0 saturated heterocycles. The predicted molar refractivity (Wildman–Crippen MR) is 71.8 cm³/mol. The molecule has 1 unspecified atom stereocenters. The minimum absolute atomic E-state index is 0.653. The fourth-order valence-corrected chi connectivity index (χ4v) is 2.62. The molecule has 0 aliphatic rings. The first kappa shape index (κ1) is 12.3. The Morgan fingerprint density at radius 1 is 1.18 bits per heavy atom. The third-order valence-electron chi connectivity index (χ3n) is 2.87. The fraction of sp³-hybridized carbons (Fsp3) is 0.286. The minimum atomic E-state index is -0.913. The lowest BCUT2D eigenvalue weighted by atomic mass is 10.1. The first-order chi connectivity index (χ1) is 8.24. The van der Waals surface area contributed by atoms with E-state index in [-0.39, 0.29) is 0 Å². The lowest BCUT2D eigenvalue weighted by Crippen LogP contribution is -2.40. The minimum Gasteiger partial charge on any atom is -0.371 e. The average molecular weight is 247 g/mol. The lowest BCUT2D eigenvalue weighted by molar-refractivity contribution is -0.00212. The van der Waals surface area contributed by atoms with Gasteiger partial charge in [-0.25, -0.2) is 0 Å². The first-order valence-corrected chi connectivity index (χ1v) is 6.68. The summed E-state index contributed by atoms with van der Waals surface area (Å²) in [6.45, 7) is 2.65. The number of hydrogen-bond acceptors (Lipinski definition) is 3. The van der Waals surface area contributed by atoms with Crippen molar-refractivity contribution in [1.29, 1.82) is 0 Å². The largest absolute Gasteiger partial charge is 0.371 e. The molecule has 0 fully saturated rings. The summed E-state index contributed by atoms with van der Waals surface area (Å²) >= 11 is 1.58. The maximum absolute atomic E-state index is 10.5. The second-order valence-corrected chi connectivity index (χ2v) is 4.98. The summed E-state index contributed by atoms with van der Waals surface area (Å²) in [5.74, 6) is 0. The molecular weight excluding hydrogens is 230 g/mol. The zero-order chi connectivity index (χ0) is 12.1. The highest BCUT2D eigenvalue weighted by Crippen LogP contribution is 2.26. The number of rotatable bonds is 5. The molecule has 0 radical (unpaired) electrons. The standard InChI is InChI=1S/C14H17NOS/c1-2-14(16,13-9-6-10-17-13)15-11-12-7-4-3-5-8-12/h3-10,15-16H,2,11H2,1H3. The van der Waals surface area contributed by atoms with Gasteiger partial charge in [0.1, 0.15) is 0 Å². The van der Waals surface area contributed by atoms with Crippen LogP contribution in [0.15, 0.2) is 47.8 Å². The molecule has 0 amide bonds. The van der Waals surface area contributed by atoms with Crippen LogP contribution in [-0.4, -0.2) is 5.11 Å². The molecule has 1 aromatic heterocycles. The van der Waals surface area contributed by atoms with Crippen LogP contribution in [0.25, 0.3) is 0 Å². The molecule has 2 aromatic rings. The van der Waals surface area contributed by atoms with Crippen LogP contribution in [0.3, 0.4) is 0 Å². The van der Waals surface area contributed by atoms with Gasteiger partial charge in [-0.1, -0.05) is 43.3 Å². The Hall–Kier alpha value is -1.16. The van der Waals surface area contributed by atoms with E-state index in [1.54, 1.807) is 11.3 Å². The molecule has 2 rings (SSSR count). The van der Waals surface area contributed by atoms with Gasteiger partial charge >= 0.3 is 0 Å². The van der Waals surface area contributed by atoms with Crippen LogP contribution >= 0.6 is 11.3 Å². The second kappa shape index (κ2) is 5.45. The van der Waals surface area contributed by atoms with Crippen molar-refractivity contribution in [3.63, 3.8) is 0 Å². The highest BCUT2D eigenvalue weighted by Gasteiger charge is 2.27. The molecule has 0 spiro atoms. The Kier molecular flexibility index (Phi) is 3.94. The van der Waals surface area contributed by atoms with Gasteiger partial charge in [-0.3, -0.25) is 5.32 Å². The highest BCUT2D eigenvalue weighted by molar-refractivity contribution is 7.10. The Balaban J connectivity index is 2.06. The van der Waals surface area contributed by atoms with Crippen LogP contribution in [0, 0.1) is 0 Å². The molecule has 0 bridgehead atoms. The van der Waals surface area contributed by atoms with E-state index in [0.29, 0.717) is 13.0 Å². The maximum atomic E-state index is 10.5. The lowest BCUT2D eigenvalue weighted by Gasteiger charge is -2.27. The van der Waals surface area contributed by atoms with E-state index in [9.17, 15) is 5.11 Å². The average Bonchev–Trinajstić information content (AvgIpc) is 2.92. The van der Waals surface area contributed by atoms with Gasteiger partial charge in [-0.05, 0) is 23.4 Å². The van der Waals surface area contributed by atoms with Gasteiger partial charge in [0.15, 0.2) is 5.72 Å². The van der Waals surface area contributed by atoms with Crippen LogP contribution < -0.4 is 5.32 Å². The number of nitrogens with one attached hydrogen (secondary N) is 1. The molecule has 1 atom stereocenters. The summed E-state index contributed by atoms with van der Waals surface area (Å²) in [5.41, 5.74) is 0.264. The quantitative estimate of drug-likeness (QED) is 0.796. The molecular formula is C14H17NOS. The molecule has 2 N–H and O–H groups in total. The molecule has 90 valence electrons. The van der Waals surface area contributed by atoms with Crippen molar-refractivity contribution >= 4 is 11.3 Å². The van der Waals surface area contributed by atoms with Gasteiger partial charge in [0.05, 0.1) is 4.88 Å². The van der Waals surface area contributed by atoms with E-state index in [0.717, 1.165) is 4.88 Å². The summed E-state index contributed by atoms with van der Waals surface area (Å²) in [6.07, 6.45) is 0.653. The van der Waals surface area contributed by atoms with Crippen molar-refractivity contribution < 1.29 is 5.11 Å². The highest BCUT2D eigenvalue weighted by atomic mass is 32.1. The summed E-state index contributed by atoms with van der Waals surface area (Å²) < 4.78 is 0. The van der Waals surface area contributed by atoms with Crippen molar-refractivity contribution in [2.24, 2.45) is 0 Å². The molecule has 2 nitrogen and oxygen atoms in total. The fourth-order valence-electron chi connectivity index (χ4n) is 1.74. The van der Waals surface area contributed by atoms with E-state index in [2.05, 4.69) is 17.4 Å². The molecule has 1 heterocycles. The van der Waals surface area contributed by atoms with E-state index in [4.69, 9.17) is 0 Å². The zero-order valence-electron chi connectivity index (χ0n) is 9.89. The number of hydrogen-bond donors (Lipinski definition) is 2. The van der Waals surface area contributed by atoms with Gasteiger partial charge in [0.2, 0.25) is 0 Å². The Morgan fingerprint density at radius 2 is 1.94 bits per heavy atom. The van der Waals surface area contributed by atoms with Gasteiger partial charge < -0.3 is 5.11 Å². The molecule has 0 aliphatic carbocycles. The van der Waals surface area contributed by atoms with Gasteiger partial charge in [-0.15, -0.1) is 11.3 Å². The Bertz CT molecular complexity index is 441. The Labute approximate surface area is 106 Å². The van der Waals surface area contributed by atoms with Crippen molar-refractivity contribution in [3.05, 3.63) is 58.3 Å². The van der Waals surface area contributed by atoms with Crippen molar-refractivity contribution in [2.75, 3.05) is 0 Å². The SMILES string of the molecule is CCC(O)(NCc1ccccc1)c1cccs1. The van der Waals surface area contributed by atoms with Crippen LogP contribution in [-0.2, 0) is 12.3 Å². The molecule has 0 aliphatic heterocycles. The normalized spacial score (nSPS) is 14.5. The molecule has 1 aromatic carbocycles. The van der Waals surface area contributed by atoms with Crippen molar-refractivity contribution in [1.82, 2.24) is 5.32 Å². The third kappa shape index (κ3) is 2.94. The predicted octanol–water partition coefficient (Wildman–Crippen LogP) is 3.09. The monoisotopic (exact) mass is 247 g/mol. The van der Waals surface area contributed by atoms with Crippen LogP contribution in [0.4, 0.5) is 0 Å². The summed E-state index contributed by atoms with van der Waals surface area (Å²) in [5, 5.41) is 15.8. The smallest absolute Gasteiger partial charge is 0.151 e. The number of thiophene rings is 1. The zero-order valence-corrected chi connectivity index (χ0v) is 10.7. The first-order valence-electron chi connectivity index (χ1n) is 5.80. The molecule has 3 heteroatoms. The Morgan fingerprint density at radius 3 is 2.53 bits per heavy atom. The van der Waals surface area contributed by atoms with Crippen molar-refractivity contribution in [2.45, 2.75) is 25.6 Å². The topological polar surface area (TPSA) is 32.3 Å². The second-order valence-electron chi connectivity index (χ2n) is 4.03. The van der Waals surface area contributed by atoms with E-state index in [1.165, 1.54) is 5.56 Å². The summed E-state index contributed by atoms with van der Waals surface area (Å²) in [7, 11) is 0. The van der Waals surface area contributed by atoms with E-state index in [1.807, 2.05) is 42.6 Å². The molecule has 17 heavy (non-hydrogen) atoms. The maximum Gasteiger partial charge on any atom is 0.151 e. The van der Waals surface area contributed by atoms with Crippen LogP contribution in [0.1, 0.15) is 23.8 Å². The van der Waals surface area contributed by atoms with Gasteiger partial charge in [-0.2, -0.15) is 0 Å². The van der Waals surface area contributed by atoms with Crippen LogP contribution in [0.2, 0.25) is 0 Å². The van der Waals surface area contributed by atoms with E-state index < -0.39 is 5.72 Å². The number of benzene rings is 1. The molecule has 0 saturated carbocycles. The van der Waals surface area contributed by atoms with Crippen LogP contribution in [0.5, 0.6) is 0 Å². The van der Waals surface area contributed by atoms with E-state index >= 15 is 0 Å². The number of aliphatic hydroxyl groups is 1. The summed E-state index contributed by atoms with van der Waals surface area (Å²) in [4.78, 5) is 0.968. The van der Waals surface area contributed by atoms with Gasteiger partial charge in [0, 0.05) is 6.54 Å². The van der Waals surface area contributed by atoms with Crippen molar-refractivity contribution in [3.8, 4) is 0 Å². The summed E-state index contributed by atoms with van der Waals surface area (Å²) in [6, 6.07) is 14.0. The van der Waals surface area contributed by atoms with Gasteiger partial charge in [0.25, 0.3) is 0 Å².